The lowest BCUT2D eigenvalue weighted by Gasteiger charge is -2.07. The third kappa shape index (κ3) is 6.02. The quantitative estimate of drug-likeness (QED) is 0.372. The Bertz CT molecular complexity index is 501. The van der Waals surface area contributed by atoms with E-state index in [4.69, 9.17) is 15.6 Å². The van der Waals surface area contributed by atoms with Gasteiger partial charge in [-0.3, -0.25) is 14.4 Å². The summed E-state index contributed by atoms with van der Waals surface area (Å²) in [5.74, 6) is -2.21. The van der Waals surface area contributed by atoms with Crippen molar-refractivity contribution < 1.29 is 24.2 Å². The molecule has 0 aliphatic carbocycles. The van der Waals surface area contributed by atoms with Gasteiger partial charge in [-0.1, -0.05) is 0 Å². The Morgan fingerprint density at radius 2 is 1.76 bits per heavy atom. The number of nitrogens with one attached hydrogen (secondary N) is 2. The SMILES string of the molecule is NC(=O)c1ccc(NC(=O)C(=O)NCCOCCO)cc1. The third-order valence-electron chi connectivity index (χ3n) is 2.40. The van der Waals surface area contributed by atoms with E-state index >= 15 is 0 Å². The number of carbonyl (C=O) groups is 3. The van der Waals surface area contributed by atoms with E-state index in [1.807, 2.05) is 0 Å². The first-order valence-electron chi connectivity index (χ1n) is 6.22. The van der Waals surface area contributed by atoms with Gasteiger partial charge in [0.05, 0.1) is 19.8 Å². The van der Waals surface area contributed by atoms with E-state index < -0.39 is 17.7 Å². The molecule has 0 saturated carbocycles. The molecular formula is C13H17N3O5. The van der Waals surface area contributed by atoms with Crippen LogP contribution in [-0.4, -0.2) is 49.2 Å². The molecule has 0 unspecified atom stereocenters. The average molecular weight is 295 g/mol. The molecule has 0 bridgehead atoms. The largest absolute Gasteiger partial charge is 0.394 e. The van der Waals surface area contributed by atoms with E-state index in [0.29, 0.717) is 11.3 Å². The Labute approximate surface area is 121 Å². The average Bonchev–Trinajstić information content (AvgIpc) is 2.47. The Morgan fingerprint density at radius 3 is 2.33 bits per heavy atom. The number of amides is 3. The fourth-order valence-corrected chi connectivity index (χ4v) is 1.39. The number of primary amides is 1. The number of anilines is 1. The van der Waals surface area contributed by atoms with Gasteiger partial charge in [0.15, 0.2) is 0 Å². The zero-order valence-corrected chi connectivity index (χ0v) is 11.3. The number of nitrogens with two attached hydrogens (primary N) is 1. The highest BCUT2D eigenvalue weighted by Crippen LogP contribution is 2.08. The van der Waals surface area contributed by atoms with Gasteiger partial charge >= 0.3 is 11.8 Å². The molecule has 0 saturated heterocycles. The van der Waals surface area contributed by atoms with Crippen molar-refractivity contribution in [3.05, 3.63) is 29.8 Å². The summed E-state index contributed by atoms with van der Waals surface area (Å²) in [4.78, 5) is 33.9. The normalized spacial score (nSPS) is 9.95. The second-order valence-corrected chi connectivity index (χ2v) is 3.99. The Kier molecular flexibility index (Phi) is 6.85. The first-order chi connectivity index (χ1) is 10.0. The summed E-state index contributed by atoms with van der Waals surface area (Å²) in [7, 11) is 0. The van der Waals surface area contributed by atoms with Gasteiger partial charge in [0.2, 0.25) is 5.91 Å². The number of hydrogen-bond acceptors (Lipinski definition) is 5. The van der Waals surface area contributed by atoms with E-state index in [1.54, 1.807) is 0 Å². The summed E-state index contributed by atoms with van der Waals surface area (Å²) in [5, 5.41) is 13.2. The maximum absolute atomic E-state index is 11.6. The summed E-state index contributed by atoms with van der Waals surface area (Å²) in [6.45, 7) is 0.434. The zero-order chi connectivity index (χ0) is 15.7. The molecule has 0 aliphatic rings. The maximum Gasteiger partial charge on any atom is 0.313 e. The fraction of sp³-hybridized carbons (Fsp3) is 0.308. The van der Waals surface area contributed by atoms with Gasteiger partial charge in [-0.2, -0.15) is 0 Å². The second-order valence-electron chi connectivity index (χ2n) is 3.99. The van der Waals surface area contributed by atoms with E-state index in [1.165, 1.54) is 24.3 Å². The molecule has 0 spiro atoms. The number of ether oxygens (including phenoxy) is 1. The standard InChI is InChI=1S/C13H17N3O5/c14-11(18)9-1-3-10(4-2-9)16-13(20)12(19)15-5-7-21-8-6-17/h1-4,17H,5-8H2,(H2,14,18)(H,15,19)(H,16,20). The molecule has 0 aromatic heterocycles. The number of aliphatic hydroxyl groups is 1. The molecule has 0 fully saturated rings. The molecule has 114 valence electrons. The maximum atomic E-state index is 11.6. The molecule has 8 nitrogen and oxygen atoms in total. The Balaban J connectivity index is 2.38. The van der Waals surface area contributed by atoms with Gasteiger partial charge in [0.1, 0.15) is 0 Å². The van der Waals surface area contributed by atoms with Crippen LogP contribution in [0.15, 0.2) is 24.3 Å². The minimum atomic E-state index is -0.830. The highest BCUT2D eigenvalue weighted by atomic mass is 16.5. The highest BCUT2D eigenvalue weighted by molar-refractivity contribution is 6.39. The molecule has 3 amide bonds. The summed E-state index contributed by atoms with van der Waals surface area (Å²) in [6.07, 6.45) is 0. The Hall–Kier alpha value is -2.45. The van der Waals surface area contributed by atoms with Crippen molar-refractivity contribution in [3.63, 3.8) is 0 Å². The van der Waals surface area contributed by atoms with Gasteiger partial charge in [-0.25, -0.2) is 0 Å². The summed E-state index contributed by atoms with van der Waals surface area (Å²) >= 11 is 0. The molecule has 0 radical (unpaired) electrons. The van der Waals surface area contributed by atoms with Gasteiger partial charge in [0, 0.05) is 17.8 Å². The number of rotatable bonds is 7. The van der Waals surface area contributed by atoms with Gasteiger partial charge in [0.25, 0.3) is 0 Å². The minimum Gasteiger partial charge on any atom is -0.394 e. The number of aliphatic hydroxyl groups excluding tert-OH is 1. The van der Waals surface area contributed by atoms with E-state index in [9.17, 15) is 14.4 Å². The van der Waals surface area contributed by atoms with Crippen molar-refractivity contribution in [2.45, 2.75) is 0 Å². The van der Waals surface area contributed by atoms with Crippen molar-refractivity contribution in [3.8, 4) is 0 Å². The lowest BCUT2D eigenvalue weighted by molar-refractivity contribution is -0.136. The second kappa shape index (κ2) is 8.67. The monoisotopic (exact) mass is 295 g/mol. The summed E-state index contributed by atoms with van der Waals surface area (Å²) < 4.78 is 4.93. The third-order valence-corrected chi connectivity index (χ3v) is 2.40. The van der Waals surface area contributed by atoms with Gasteiger partial charge in [-0.15, -0.1) is 0 Å². The van der Waals surface area contributed by atoms with Crippen molar-refractivity contribution in [2.75, 3.05) is 31.7 Å². The van der Waals surface area contributed by atoms with Crippen LogP contribution in [0.2, 0.25) is 0 Å². The van der Waals surface area contributed by atoms with Crippen LogP contribution in [0.3, 0.4) is 0 Å². The van der Waals surface area contributed by atoms with Crippen LogP contribution >= 0.6 is 0 Å². The molecule has 1 aromatic carbocycles. The molecule has 0 heterocycles. The van der Waals surface area contributed by atoms with Crippen molar-refractivity contribution in [1.29, 1.82) is 0 Å². The van der Waals surface area contributed by atoms with Gasteiger partial charge in [-0.05, 0) is 24.3 Å². The molecule has 1 rings (SSSR count). The molecule has 0 atom stereocenters. The minimum absolute atomic E-state index is 0.101. The van der Waals surface area contributed by atoms with E-state index in [2.05, 4.69) is 10.6 Å². The van der Waals surface area contributed by atoms with Crippen molar-refractivity contribution in [2.24, 2.45) is 5.73 Å². The van der Waals surface area contributed by atoms with E-state index in [0.717, 1.165) is 0 Å². The highest BCUT2D eigenvalue weighted by Gasteiger charge is 2.13. The first-order valence-corrected chi connectivity index (χ1v) is 6.22. The summed E-state index contributed by atoms with van der Waals surface area (Å²) in [5.41, 5.74) is 5.76. The fourth-order valence-electron chi connectivity index (χ4n) is 1.39. The Morgan fingerprint density at radius 1 is 1.10 bits per heavy atom. The van der Waals surface area contributed by atoms with Crippen LogP contribution in [0.1, 0.15) is 10.4 Å². The lowest BCUT2D eigenvalue weighted by Crippen LogP contribution is -2.37. The van der Waals surface area contributed by atoms with Crippen LogP contribution in [-0.2, 0) is 14.3 Å². The molecule has 0 aliphatic heterocycles. The smallest absolute Gasteiger partial charge is 0.313 e. The first kappa shape index (κ1) is 16.6. The van der Waals surface area contributed by atoms with Crippen LogP contribution in [0.5, 0.6) is 0 Å². The number of benzene rings is 1. The zero-order valence-electron chi connectivity index (χ0n) is 11.3. The predicted molar refractivity (Wildman–Crippen MR) is 74.5 cm³/mol. The number of hydrogen-bond donors (Lipinski definition) is 4. The van der Waals surface area contributed by atoms with Crippen LogP contribution in [0.25, 0.3) is 0 Å². The molecule has 5 N–H and O–H groups in total. The van der Waals surface area contributed by atoms with Crippen LogP contribution in [0, 0.1) is 0 Å². The molecule has 8 heteroatoms. The van der Waals surface area contributed by atoms with Crippen molar-refractivity contribution >= 4 is 23.4 Å². The number of carbonyl (C=O) groups excluding carboxylic acids is 3. The van der Waals surface area contributed by atoms with Crippen molar-refractivity contribution in [1.82, 2.24) is 5.32 Å². The van der Waals surface area contributed by atoms with Crippen LogP contribution in [0.4, 0.5) is 5.69 Å². The molecule has 1 aromatic rings. The molecule has 21 heavy (non-hydrogen) atoms. The summed E-state index contributed by atoms with van der Waals surface area (Å²) in [6, 6.07) is 5.82. The van der Waals surface area contributed by atoms with Crippen LogP contribution < -0.4 is 16.4 Å². The van der Waals surface area contributed by atoms with Gasteiger partial charge < -0.3 is 26.2 Å². The predicted octanol–water partition coefficient (Wildman–Crippen LogP) is -1.15. The lowest BCUT2D eigenvalue weighted by atomic mass is 10.2. The topological polar surface area (TPSA) is 131 Å². The molecular weight excluding hydrogens is 278 g/mol. The van der Waals surface area contributed by atoms with E-state index in [-0.39, 0.29) is 26.4 Å².